The van der Waals surface area contributed by atoms with E-state index in [-0.39, 0.29) is 49.4 Å². The first kappa shape index (κ1) is 13.1. The minimum atomic E-state index is -4.17. The molecule has 1 heterocycles. The second-order valence-corrected chi connectivity index (χ2v) is 5.47. The van der Waals surface area contributed by atoms with Gasteiger partial charge in [-0.25, -0.2) is 0 Å². The Morgan fingerprint density at radius 3 is 2.41 bits per heavy atom. The van der Waals surface area contributed by atoms with Crippen molar-refractivity contribution in [3.05, 3.63) is 0 Å². The summed E-state index contributed by atoms with van der Waals surface area (Å²) < 4.78 is 43.9. The van der Waals surface area contributed by atoms with Crippen LogP contribution in [0.5, 0.6) is 0 Å². The predicted octanol–water partition coefficient (Wildman–Crippen LogP) is 2.61. The zero-order valence-corrected chi connectivity index (χ0v) is 10.1. The van der Waals surface area contributed by atoms with Crippen LogP contribution < -0.4 is 0 Å². The first-order valence-corrected chi connectivity index (χ1v) is 6.17. The first-order valence-electron chi connectivity index (χ1n) is 6.17. The molecule has 6 atom stereocenters. The molecule has 0 aromatic carbocycles. The summed E-state index contributed by atoms with van der Waals surface area (Å²) in [4.78, 5) is 0. The molecule has 0 spiro atoms. The van der Waals surface area contributed by atoms with Gasteiger partial charge in [0.25, 0.3) is 0 Å². The topological polar surface area (TPSA) is 29.5 Å². The highest BCUT2D eigenvalue weighted by Gasteiger charge is 2.53. The van der Waals surface area contributed by atoms with E-state index in [1.165, 1.54) is 0 Å². The molecule has 2 rings (SSSR count). The minimum Gasteiger partial charge on any atom is -0.396 e. The highest BCUT2D eigenvalue weighted by molar-refractivity contribution is 4.96. The lowest BCUT2D eigenvalue weighted by Crippen LogP contribution is -2.42. The molecule has 0 aromatic heterocycles. The molecule has 1 aliphatic heterocycles. The van der Waals surface area contributed by atoms with E-state index in [0.717, 1.165) is 0 Å². The summed E-state index contributed by atoms with van der Waals surface area (Å²) >= 11 is 0. The molecule has 5 heteroatoms. The number of alkyl halides is 3. The van der Waals surface area contributed by atoms with Crippen LogP contribution in [0.3, 0.4) is 0 Å². The van der Waals surface area contributed by atoms with Crippen LogP contribution in [0.4, 0.5) is 13.2 Å². The third kappa shape index (κ3) is 2.32. The van der Waals surface area contributed by atoms with Crippen molar-refractivity contribution < 1.29 is 23.0 Å². The van der Waals surface area contributed by atoms with Crippen molar-refractivity contribution in [3.63, 3.8) is 0 Å². The molecule has 1 saturated carbocycles. The van der Waals surface area contributed by atoms with E-state index in [4.69, 9.17) is 4.74 Å². The Balaban J connectivity index is 2.16. The lowest BCUT2D eigenvalue weighted by molar-refractivity contribution is -0.201. The van der Waals surface area contributed by atoms with Crippen LogP contribution in [0.25, 0.3) is 0 Å². The Kier molecular flexibility index (Phi) is 3.42. The normalized spacial score (nSPS) is 46.9. The smallest absolute Gasteiger partial charge is 0.391 e. The molecule has 0 amide bonds. The summed E-state index contributed by atoms with van der Waals surface area (Å²) in [6.45, 7) is 3.74. The van der Waals surface area contributed by atoms with Crippen molar-refractivity contribution >= 4 is 0 Å². The number of hydrogen-bond donors (Lipinski definition) is 1. The minimum absolute atomic E-state index is 0.00830. The van der Waals surface area contributed by atoms with Crippen LogP contribution in [-0.2, 0) is 4.74 Å². The Morgan fingerprint density at radius 2 is 1.88 bits per heavy atom. The second kappa shape index (κ2) is 4.43. The molecule has 1 saturated heterocycles. The lowest BCUT2D eigenvalue weighted by atomic mass is 9.68. The van der Waals surface area contributed by atoms with Gasteiger partial charge in [0.15, 0.2) is 0 Å². The quantitative estimate of drug-likeness (QED) is 0.777. The average molecular weight is 252 g/mol. The van der Waals surface area contributed by atoms with Gasteiger partial charge in [-0.15, -0.1) is 0 Å². The van der Waals surface area contributed by atoms with Crippen molar-refractivity contribution in [2.45, 2.75) is 45.1 Å². The Morgan fingerprint density at radius 1 is 1.24 bits per heavy atom. The standard InChI is InChI=1S/C12H19F3O2/c1-6-7(2)17-10-4-9(12(13,14)15)3-8(5-16)11(6)10/h6-11,16H,3-5H2,1-2H3/t6-,7-,8+,9+,10-,11+/m1/s1. The molecule has 1 N–H and O–H groups in total. The molecule has 0 aromatic rings. The van der Waals surface area contributed by atoms with Crippen LogP contribution in [-0.4, -0.2) is 30.1 Å². The van der Waals surface area contributed by atoms with E-state index in [2.05, 4.69) is 0 Å². The van der Waals surface area contributed by atoms with Crippen molar-refractivity contribution in [2.75, 3.05) is 6.61 Å². The second-order valence-electron chi connectivity index (χ2n) is 5.47. The largest absolute Gasteiger partial charge is 0.396 e. The van der Waals surface area contributed by atoms with Crippen molar-refractivity contribution in [1.29, 1.82) is 0 Å². The third-order valence-corrected chi connectivity index (χ3v) is 4.51. The SMILES string of the molecule is C[C@H]1[C@H]2[C@H](CO)C[C@H](C(F)(F)F)C[C@H]2O[C@@H]1C. The number of aliphatic hydroxyl groups is 1. The van der Waals surface area contributed by atoms with Crippen molar-refractivity contribution in [1.82, 2.24) is 0 Å². The zero-order chi connectivity index (χ0) is 12.8. The van der Waals surface area contributed by atoms with Crippen LogP contribution in [0.1, 0.15) is 26.7 Å². The van der Waals surface area contributed by atoms with Gasteiger partial charge >= 0.3 is 6.18 Å². The summed E-state index contributed by atoms with van der Waals surface area (Å²) in [5.41, 5.74) is 0. The van der Waals surface area contributed by atoms with Gasteiger partial charge in [0, 0.05) is 6.61 Å². The van der Waals surface area contributed by atoms with E-state index in [1.807, 2.05) is 13.8 Å². The molecular formula is C12H19F3O2. The van der Waals surface area contributed by atoms with Crippen molar-refractivity contribution in [2.24, 2.45) is 23.7 Å². The highest BCUT2D eigenvalue weighted by Crippen LogP contribution is 2.50. The van der Waals surface area contributed by atoms with Crippen LogP contribution in [0.15, 0.2) is 0 Å². The maximum atomic E-state index is 12.8. The third-order valence-electron chi connectivity index (χ3n) is 4.51. The number of hydrogen-bond acceptors (Lipinski definition) is 2. The molecule has 1 aliphatic carbocycles. The molecular weight excluding hydrogens is 233 g/mol. The number of halogens is 3. The van der Waals surface area contributed by atoms with E-state index >= 15 is 0 Å². The average Bonchev–Trinajstić information content (AvgIpc) is 2.52. The molecule has 2 nitrogen and oxygen atoms in total. The van der Waals surface area contributed by atoms with Gasteiger partial charge in [-0.2, -0.15) is 13.2 Å². The van der Waals surface area contributed by atoms with Gasteiger partial charge in [0.05, 0.1) is 18.1 Å². The summed E-state index contributed by atoms with van der Waals surface area (Å²) in [7, 11) is 0. The van der Waals surface area contributed by atoms with Gasteiger partial charge in [-0.1, -0.05) is 6.92 Å². The van der Waals surface area contributed by atoms with Crippen LogP contribution in [0, 0.1) is 23.7 Å². The maximum Gasteiger partial charge on any atom is 0.391 e. The first-order chi connectivity index (χ1) is 7.84. The fourth-order valence-corrected chi connectivity index (χ4v) is 3.45. The molecule has 2 aliphatic rings. The van der Waals surface area contributed by atoms with Crippen LogP contribution in [0.2, 0.25) is 0 Å². The summed E-state index contributed by atoms with van der Waals surface area (Å²) in [5.74, 6) is -1.29. The van der Waals surface area contributed by atoms with Gasteiger partial charge in [-0.3, -0.25) is 0 Å². The Hall–Kier alpha value is -0.290. The molecule has 17 heavy (non-hydrogen) atoms. The number of fused-ring (bicyclic) bond motifs is 1. The van der Waals surface area contributed by atoms with Gasteiger partial charge in [0.1, 0.15) is 0 Å². The number of rotatable bonds is 1. The fraction of sp³-hybridized carbons (Fsp3) is 1.00. The van der Waals surface area contributed by atoms with Gasteiger partial charge in [0.2, 0.25) is 0 Å². The van der Waals surface area contributed by atoms with Crippen molar-refractivity contribution in [3.8, 4) is 0 Å². The monoisotopic (exact) mass is 252 g/mol. The molecule has 0 bridgehead atoms. The lowest BCUT2D eigenvalue weighted by Gasteiger charge is -2.38. The summed E-state index contributed by atoms with van der Waals surface area (Å²) in [6.07, 6.45) is -4.42. The Bertz CT molecular complexity index is 271. The maximum absolute atomic E-state index is 12.8. The summed E-state index contributed by atoms with van der Waals surface area (Å²) in [5, 5.41) is 9.30. The number of aliphatic hydroxyl groups excluding tert-OH is 1. The zero-order valence-electron chi connectivity index (χ0n) is 10.1. The van der Waals surface area contributed by atoms with Gasteiger partial charge in [-0.05, 0) is 37.5 Å². The summed E-state index contributed by atoms with van der Waals surface area (Å²) in [6, 6.07) is 0. The van der Waals surface area contributed by atoms with E-state index in [9.17, 15) is 18.3 Å². The van der Waals surface area contributed by atoms with Gasteiger partial charge < -0.3 is 9.84 Å². The highest BCUT2D eigenvalue weighted by atomic mass is 19.4. The molecule has 0 unspecified atom stereocenters. The Labute approximate surface area is 99.1 Å². The number of ether oxygens (including phenoxy) is 1. The molecule has 100 valence electrons. The molecule has 0 radical (unpaired) electrons. The predicted molar refractivity (Wildman–Crippen MR) is 56.3 cm³/mol. The fourth-order valence-electron chi connectivity index (χ4n) is 3.45. The van der Waals surface area contributed by atoms with E-state index in [0.29, 0.717) is 0 Å². The van der Waals surface area contributed by atoms with E-state index in [1.54, 1.807) is 0 Å². The van der Waals surface area contributed by atoms with E-state index < -0.39 is 12.1 Å². The molecule has 2 fully saturated rings. The van der Waals surface area contributed by atoms with Crippen LogP contribution >= 0.6 is 0 Å².